The standard InChI is InChI=1S/C5H6N6O/c1-11-2-3(6)7-5(12)8-4(2)9-10-11/h1H3,(H3,6,7,8,12). The number of hydrogen-bond donors (Lipinski definition) is 2. The average Bonchev–Trinajstić information content (AvgIpc) is 2.31. The van der Waals surface area contributed by atoms with E-state index in [2.05, 4.69) is 20.3 Å². The third-order valence-corrected chi connectivity index (χ3v) is 1.51. The number of nitrogens with zero attached hydrogens (tertiary/aromatic N) is 4. The maximum Gasteiger partial charge on any atom is 0.348 e. The highest BCUT2D eigenvalue weighted by molar-refractivity contribution is 5.80. The Labute approximate surface area is 66.2 Å². The molecule has 0 bridgehead atoms. The van der Waals surface area contributed by atoms with Crippen molar-refractivity contribution < 1.29 is 0 Å². The summed E-state index contributed by atoms with van der Waals surface area (Å²) < 4.78 is 1.45. The molecule has 3 N–H and O–H groups in total. The van der Waals surface area contributed by atoms with Crippen molar-refractivity contribution in [1.29, 1.82) is 0 Å². The van der Waals surface area contributed by atoms with E-state index in [1.54, 1.807) is 7.05 Å². The lowest BCUT2D eigenvalue weighted by Crippen LogP contribution is -2.13. The molecule has 2 aromatic rings. The minimum Gasteiger partial charge on any atom is -0.383 e. The zero-order valence-electron chi connectivity index (χ0n) is 6.27. The smallest absolute Gasteiger partial charge is 0.348 e. The summed E-state index contributed by atoms with van der Waals surface area (Å²) in [5.74, 6) is 0.234. The van der Waals surface area contributed by atoms with Gasteiger partial charge < -0.3 is 5.73 Å². The van der Waals surface area contributed by atoms with Gasteiger partial charge in [0.1, 0.15) is 11.3 Å². The maximum atomic E-state index is 10.8. The van der Waals surface area contributed by atoms with Crippen molar-refractivity contribution in [3.05, 3.63) is 10.5 Å². The Hall–Kier alpha value is -1.92. The molecule has 0 saturated heterocycles. The number of nitrogens with one attached hydrogen (secondary N) is 1. The number of rotatable bonds is 0. The monoisotopic (exact) mass is 166 g/mol. The number of nitrogen functional groups attached to an aromatic ring is 1. The van der Waals surface area contributed by atoms with Gasteiger partial charge in [0.25, 0.3) is 0 Å². The van der Waals surface area contributed by atoms with Gasteiger partial charge in [-0.05, 0) is 0 Å². The molecule has 0 aliphatic carbocycles. The van der Waals surface area contributed by atoms with E-state index >= 15 is 0 Å². The fraction of sp³-hybridized carbons (Fsp3) is 0.200. The predicted molar refractivity (Wildman–Crippen MR) is 41.3 cm³/mol. The molecular formula is C5H6N6O. The molecule has 0 saturated carbocycles. The quantitative estimate of drug-likeness (QED) is 0.502. The largest absolute Gasteiger partial charge is 0.383 e. The number of fused-ring (bicyclic) bond motifs is 1. The van der Waals surface area contributed by atoms with Gasteiger partial charge in [0.05, 0.1) is 0 Å². The minimum absolute atomic E-state index is 0.234. The summed E-state index contributed by atoms with van der Waals surface area (Å²) in [7, 11) is 1.67. The number of aromatic nitrogens is 5. The Morgan fingerprint density at radius 1 is 1.58 bits per heavy atom. The van der Waals surface area contributed by atoms with Crippen molar-refractivity contribution >= 4 is 17.0 Å². The zero-order valence-corrected chi connectivity index (χ0v) is 6.27. The third kappa shape index (κ3) is 0.760. The molecule has 0 atom stereocenters. The van der Waals surface area contributed by atoms with E-state index < -0.39 is 5.69 Å². The fourth-order valence-corrected chi connectivity index (χ4v) is 1.01. The molecule has 0 unspecified atom stereocenters. The lowest BCUT2D eigenvalue weighted by molar-refractivity contribution is 0.736. The van der Waals surface area contributed by atoms with Gasteiger partial charge in [-0.2, -0.15) is 4.98 Å². The van der Waals surface area contributed by atoms with Crippen LogP contribution >= 0.6 is 0 Å². The predicted octanol–water partition coefficient (Wildman–Crippen LogP) is -1.37. The van der Waals surface area contributed by atoms with E-state index in [0.29, 0.717) is 5.52 Å². The number of hydrogen-bond acceptors (Lipinski definition) is 5. The van der Waals surface area contributed by atoms with E-state index in [9.17, 15) is 4.79 Å². The zero-order chi connectivity index (χ0) is 8.72. The third-order valence-electron chi connectivity index (χ3n) is 1.51. The molecule has 0 aromatic carbocycles. The molecule has 0 amide bonds. The van der Waals surface area contributed by atoms with Crippen LogP contribution in [0.1, 0.15) is 0 Å². The summed E-state index contributed by atoms with van der Waals surface area (Å²) in [6.07, 6.45) is 0. The SMILES string of the molecule is Cn1nnc2nc(=O)[nH]c(N)c21. The van der Waals surface area contributed by atoms with Crippen LogP contribution in [0.15, 0.2) is 4.79 Å². The first-order valence-electron chi connectivity index (χ1n) is 3.23. The molecule has 7 heteroatoms. The van der Waals surface area contributed by atoms with Gasteiger partial charge in [-0.1, -0.05) is 5.21 Å². The molecule has 12 heavy (non-hydrogen) atoms. The van der Waals surface area contributed by atoms with Crippen LogP contribution in [0.3, 0.4) is 0 Å². The Bertz CT molecular complexity index is 482. The Morgan fingerprint density at radius 2 is 2.33 bits per heavy atom. The van der Waals surface area contributed by atoms with Crippen LogP contribution in [-0.2, 0) is 7.05 Å². The normalized spacial score (nSPS) is 10.8. The summed E-state index contributed by atoms with van der Waals surface area (Å²) in [5, 5.41) is 7.30. The topological polar surface area (TPSA) is 102 Å². The molecule has 2 aromatic heterocycles. The van der Waals surface area contributed by atoms with Gasteiger partial charge in [-0.3, -0.25) is 4.98 Å². The first kappa shape index (κ1) is 6.77. The maximum absolute atomic E-state index is 10.8. The second-order valence-electron chi connectivity index (χ2n) is 2.34. The number of aryl methyl sites for hydroxylation is 1. The second-order valence-corrected chi connectivity index (χ2v) is 2.34. The van der Waals surface area contributed by atoms with E-state index in [4.69, 9.17) is 5.73 Å². The van der Waals surface area contributed by atoms with Crippen LogP contribution in [0.5, 0.6) is 0 Å². The van der Waals surface area contributed by atoms with Crippen molar-refractivity contribution in [2.45, 2.75) is 0 Å². The number of H-pyrrole nitrogens is 1. The van der Waals surface area contributed by atoms with Crippen LogP contribution in [0.4, 0.5) is 5.82 Å². The number of aromatic amines is 1. The van der Waals surface area contributed by atoms with E-state index in [-0.39, 0.29) is 11.5 Å². The first-order chi connectivity index (χ1) is 5.68. The van der Waals surface area contributed by atoms with Gasteiger partial charge in [0, 0.05) is 7.05 Å². The molecule has 0 fully saturated rings. The Morgan fingerprint density at radius 3 is 3.08 bits per heavy atom. The van der Waals surface area contributed by atoms with Crippen molar-refractivity contribution in [3.8, 4) is 0 Å². The fourth-order valence-electron chi connectivity index (χ4n) is 1.01. The van der Waals surface area contributed by atoms with Crippen molar-refractivity contribution in [1.82, 2.24) is 25.0 Å². The van der Waals surface area contributed by atoms with E-state index in [1.165, 1.54) is 4.68 Å². The minimum atomic E-state index is -0.513. The second kappa shape index (κ2) is 2.03. The lowest BCUT2D eigenvalue weighted by atomic mass is 10.5. The van der Waals surface area contributed by atoms with Crippen LogP contribution in [0.25, 0.3) is 11.2 Å². The van der Waals surface area contributed by atoms with E-state index in [1.807, 2.05) is 0 Å². The van der Waals surface area contributed by atoms with Gasteiger partial charge in [0.2, 0.25) is 5.65 Å². The van der Waals surface area contributed by atoms with Crippen LogP contribution in [-0.4, -0.2) is 25.0 Å². The molecule has 62 valence electrons. The summed E-state index contributed by atoms with van der Waals surface area (Å²) in [4.78, 5) is 16.7. The average molecular weight is 166 g/mol. The highest BCUT2D eigenvalue weighted by Gasteiger charge is 2.07. The first-order valence-corrected chi connectivity index (χ1v) is 3.23. The van der Waals surface area contributed by atoms with Gasteiger partial charge in [-0.25, -0.2) is 9.48 Å². The van der Waals surface area contributed by atoms with Gasteiger partial charge >= 0.3 is 5.69 Å². The Balaban J connectivity index is 3.02. The van der Waals surface area contributed by atoms with Gasteiger partial charge in [0.15, 0.2) is 0 Å². The summed E-state index contributed by atoms with van der Waals surface area (Å²) >= 11 is 0. The van der Waals surface area contributed by atoms with E-state index in [0.717, 1.165) is 0 Å². The molecule has 0 radical (unpaired) electrons. The molecule has 7 nitrogen and oxygen atoms in total. The highest BCUT2D eigenvalue weighted by atomic mass is 16.1. The summed E-state index contributed by atoms with van der Waals surface area (Å²) in [5.41, 5.74) is 5.79. The molecule has 2 rings (SSSR count). The van der Waals surface area contributed by atoms with Crippen molar-refractivity contribution in [2.24, 2.45) is 7.05 Å². The van der Waals surface area contributed by atoms with Crippen LogP contribution in [0, 0.1) is 0 Å². The number of anilines is 1. The molecule has 0 aliphatic rings. The van der Waals surface area contributed by atoms with Crippen molar-refractivity contribution in [3.63, 3.8) is 0 Å². The number of nitrogens with two attached hydrogens (primary N) is 1. The summed E-state index contributed by atoms with van der Waals surface area (Å²) in [6, 6.07) is 0. The highest BCUT2D eigenvalue weighted by Crippen LogP contribution is 2.09. The van der Waals surface area contributed by atoms with Crippen LogP contribution in [0.2, 0.25) is 0 Å². The van der Waals surface area contributed by atoms with Crippen LogP contribution < -0.4 is 11.4 Å². The van der Waals surface area contributed by atoms with Crippen molar-refractivity contribution in [2.75, 3.05) is 5.73 Å². The lowest BCUT2D eigenvalue weighted by Gasteiger charge is -1.94. The molecule has 2 heterocycles. The molecule has 0 spiro atoms. The summed E-state index contributed by atoms with van der Waals surface area (Å²) in [6.45, 7) is 0. The molecular weight excluding hydrogens is 160 g/mol. The Kier molecular flexibility index (Phi) is 1.15. The van der Waals surface area contributed by atoms with Gasteiger partial charge in [-0.15, -0.1) is 5.10 Å². The molecule has 0 aliphatic heterocycles.